The number of carbonyl (C=O) groups is 1. The Morgan fingerprint density at radius 2 is 2.29 bits per heavy atom. The molecule has 0 fully saturated rings. The minimum absolute atomic E-state index is 0.220. The topological polar surface area (TPSA) is 17.1 Å². The number of hydrogen-bond donors (Lipinski definition) is 0. The van der Waals surface area contributed by atoms with Gasteiger partial charge < -0.3 is 0 Å². The maximum absolute atomic E-state index is 11.6. The van der Waals surface area contributed by atoms with Crippen LogP contribution in [-0.2, 0) is 6.42 Å². The normalized spacial score (nSPS) is 9.29. The first kappa shape index (κ1) is 11.0. The fourth-order valence-electron chi connectivity index (χ4n) is 1.14. The Bertz CT molecular complexity index is 365. The summed E-state index contributed by atoms with van der Waals surface area (Å²) in [5, 5.41) is 0. The lowest BCUT2D eigenvalue weighted by Gasteiger charge is -1.92. The van der Waals surface area contributed by atoms with Crippen LogP contribution in [0.1, 0.15) is 41.2 Å². The average molecular weight is 206 g/mol. The van der Waals surface area contributed by atoms with Gasteiger partial charge in [-0.25, -0.2) is 0 Å². The number of rotatable bonds is 4. The molecule has 74 valence electrons. The van der Waals surface area contributed by atoms with Crippen LogP contribution in [0.5, 0.6) is 0 Å². The van der Waals surface area contributed by atoms with Gasteiger partial charge in [-0.3, -0.25) is 4.79 Å². The standard InChI is InChI=1S/C12H14OS/c1-3-5-6-7-11(13)12-9-8-10(4-2)14-12/h8-9H,4,6-7H2,1-2H3. The average Bonchev–Trinajstić information content (AvgIpc) is 2.66. The van der Waals surface area contributed by atoms with Crippen molar-refractivity contribution in [3.8, 4) is 11.8 Å². The molecule has 0 aliphatic heterocycles. The van der Waals surface area contributed by atoms with E-state index in [1.807, 2.05) is 12.1 Å². The second kappa shape index (κ2) is 5.62. The molecule has 2 heteroatoms. The van der Waals surface area contributed by atoms with Crippen LogP contribution in [-0.4, -0.2) is 5.78 Å². The molecule has 0 aliphatic carbocycles. The van der Waals surface area contributed by atoms with E-state index in [4.69, 9.17) is 0 Å². The van der Waals surface area contributed by atoms with E-state index in [1.165, 1.54) is 4.88 Å². The second-order valence-corrected chi connectivity index (χ2v) is 4.14. The van der Waals surface area contributed by atoms with Crippen molar-refractivity contribution >= 4 is 17.1 Å². The first-order chi connectivity index (χ1) is 6.77. The van der Waals surface area contributed by atoms with Gasteiger partial charge in [-0.15, -0.1) is 23.2 Å². The molecule has 1 aromatic heterocycles. The quantitative estimate of drug-likeness (QED) is 0.545. The van der Waals surface area contributed by atoms with E-state index in [2.05, 4.69) is 18.8 Å². The highest BCUT2D eigenvalue weighted by atomic mass is 32.1. The summed E-state index contributed by atoms with van der Waals surface area (Å²) in [6.07, 6.45) is 2.23. The van der Waals surface area contributed by atoms with Gasteiger partial charge in [0.05, 0.1) is 4.88 Å². The van der Waals surface area contributed by atoms with Gasteiger partial charge in [0.2, 0.25) is 0 Å². The van der Waals surface area contributed by atoms with E-state index in [0.717, 1.165) is 11.3 Å². The summed E-state index contributed by atoms with van der Waals surface area (Å²) < 4.78 is 0. The molecular weight excluding hydrogens is 192 g/mol. The van der Waals surface area contributed by atoms with Crippen molar-refractivity contribution in [2.45, 2.75) is 33.1 Å². The molecule has 0 amide bonds. The van der Waals surface area contributed by atoms with Crippen LogP contribution in [0.25, 0.3) is 0 Å². The second-order valence-electron chi connectivity index (χ2n) is 2.97. The Morgan fingerprint density at radius 3 is 2.86 bits per heavy atom. The molecular formula is C12H14OS. The Labute approximate surface area is 89.2 Å². The monoisotopic (exact) mass is 206 g/mol. The molecule has 0 atom stereocenters. The van der Waals surface area contributed by atoms with Crippen LogP contribution < -0.4 is 0 Å². The number of carbonyl (C=O) groups excluding carboxylic acids is 1. The summed E-state index contributed by atoms with van der Waals surface area (Å²) in [6.45, 7) is 3.90. The molecule has 0 saturated carbocycles. The summed E-state index contributed by atoms with van der Waals surface area (Å²) in [5.74, 6) is 5.92. The zero-order valence-electron chi connectivity index (χ0n) is 8.59. The van der Waals surface area contributed by atoms with Crippen LogP contribution in [0.3, 0.4) is 0 Å². The van der Waals surface area contributed by atoms with E-state index in [1.54, 1.807) is 18.3 Å². The van der Waals surface area contributed by atoms with Crippen molar-refractivity contribution < 1.29 is 4.79 Å². The third kappa shape index (κ3) is 3.01. The van der Waals surface area contributed by atoms with Crippen molar-refractivity contribution in [3.05, 3.63) is 21.9 Å². The van der Waals surface area contributed by atoms with Crippen LogP contribution in [0, 0.1) is 11.8 Å². The van der Waals surface area contributed by atoms with Gasteiger partial charge in [-0.2, -0.15) is 0 Å². The minimum Gasteiger partial charge on any atom is -0.293 e. The number of thiophene rings is 1. The maximum atomic E-state index is 11.6. The van der Waals surface area contributed by atoms with E-state index in [9.17, 15) is 4.79 Å². The van der Waals surface area contributed by atoms with E-state index < -0.39 is 0 Å². The molecule has 0 aromatic carbocycles. The molecule has 1 nitrogen and oxygen atoms in total. The fourth-order valence-corrected chi connectivity index (χ4v) is 2.06. The SMILES string of the molecule is CC#CCCC(=O)c1ccc(CC)s1. The Hall–Kier alpha value is -1.07. The van der Waals surface area contributed by atoms with E-state index in [-0.39, 0.29) is 5.78 Å². The van der Waals surface area contributed by atoms with Gasteiger partial charge in [0, 0.05) is 17.7 Å². The van der Waals surface area contributed by atoms with Gasteiger partial charge in [0.25, 0.3) is 0 Å². The smallest absolute Gasteiger partial charge is 0.173 e. The minimum atomic E-state index is 0.220. The third-order valence-electron chi connectivity index (χ3n) is 1.94. The lowest BCUT2D eigenvalue weighted by Crippen LogP contribution is -1.93. The Kier molecular flexibility index (Phi) is 4.42. The van der Waals surface area contributed by atoms with Gasteiger partial charge in [0.1, 0.15) is 0 Å². The molecule has 0 bridgehead atoms. The third-order valence-corrected chi connectivity index (χ3v) is 3.21. The molecule has 0 aliphatic rings. The highest BCUT2D eigenvalue weighted by molar-refractivity contribution is 7.14. The number of Topliss-reactive ketones (excluding diaryl/α,β-unsaturated/α-hetero) is 1. The summed E-state index contributed by atoms with van der Waals surface area (Å²) >= 11 is 1.60. The molecule has 1 aromatic rings. The van der Waals surface area contributed by atoms with Crippen LogP contribution in [0.15, 0.2) is 12.1 Å². The van der Waals surface area contributed by atoms with Gasteiger partial charge in [0.15, 0.2) is 5.78 Å². The maximum Gasteiger partial charge on any atom is 0.173 e. The first-order valence-electron chi connectivity index (χ1n) is 4.79. The molecule has 0 unspecified atom stereocenters. The van der Waals surface area contributed by atoms with Crippen molar-refractivity contribution in [1.29, 1.82) is 0 Å². The molecule has 0 spiro atoms. The summed E-state index contributed by atoms with van der Waals surface area (Å²) in [7, 11) is 0. The van der Waals surface area contributed by atoms with Crippen molar-refractivity contribution in [1.82, 2.24) is 0 Å². The predicted octanol–water partition coefficient (Wildman–Crippen LogP) is 3.30. The number of aryl methyl sites for hydroxylation is 1. The molecule has 1 heterocycles. The highest BCUT2D eigenvalue weighted by Gasteiger charge is 2.07. The zero-order valence-corrected chi connectivity index (χ0v) is 9.41. The van der Waals surface area contributed by atoms with Gasteiger partial charge >= 0.3 is 0 Å². The Balaban J connectivity index is 2.54. The summed E-state index contributed by atoms with van der Waals surface area (Å²) in [4.78, 5) is 13.7. The molecule has 0 saturated heterocycles. The van der Waals surface area contributed by atoms with Crippen LogP contribution >= 0.6 is 11.3 Å². The molecule has 0 N–H and O–H groups in total. The van der Waals surface area contributed by atoms with E-state index in [0.29, 0.717) is 12.8 Å². The summed E-state index contributed by atoms with van der Waals surface area (Å²) in [6, 6.07) is 3.95. The summed E-state index contributed by atoms with van der Waals surface area (Å²) in [5.41, 5.74) is 0. The first-order valence-corrected chi connectivity index (χ1v) is 5.61. The molecule has 1 rings (SSSR count). The highest BCUT2D eigenvalue weighted by Crippen LogP contribution is 2.18. The number of hydrogen-bond acceptors (Lipinski definition) is 2. The van der Waals surface area contributed by atoms with Gasteiger partial charge in [-0.05, 0) is 25.5 Å². The molecule has 14 heavy (non-hydrogen) atoms. The largest absolute Gasteiger partial charge is 0.293 e. The van der Waals surface area contributed by atoms with E-state index >= 15 is 0 Å². The lowest BCUT2D eigenvalue weighted by atomic mass is 10.2. The van der Waals surface area contributed by atoms with Gasteiger partial charge in [-0.1, -0.05) is 6.92 Å². The number of ketones is 1. The van der Waals surface area contributed by atoms with Crippen LogP contribution in [0.4, 0.5) is 0 Å². The lowest BCUT2D eigenvalue weighted by molar-refractivity contribution is 0.0988. The fraction of sp³-hybridized carbons (Fsp3) is 0.417. The molecule has 0 radical (unpaired) electrons. The zero-order chi connectivity index (χ0) is 10.4. The Morgan fingerprint density at radius 1 is 1.50 bits per heavy atom. The van der Waals surface area contributed by atoms with Crippen LogP contribution in [0.2, 0.25) is 0 Å². The van der Waals surface area contributed by atoms with Crippen molar-refractivity contribution in [3.63, 3.8) is 0 Å². The van der Waals surface area contributed by atoms with Crippen molar-refractivity contribution in [2.24, 2.45) is 0 Å². The predicted molar refractivity (Wildman–Crippen MR) is 60.7 cm³/mol. The van der Waals surface area contributed by atoms with Crippen molar-refractivity contribution in [2.75, 3.05) is 0 Å².